The summed E-state index contributed by atoms with van der Waals surface area (Å²) in [4.78, 5) is 17.9. The van der Waals surface area contributed by atoms with Gasteiger partial charge in [-0.3, -0.25) is 4.57 Å². The fourth-order valence-electron chi connectivity index (χ4n) is 8.07. The highest BCUT2D eigenvalue weighted by atomic mass is 15.2. The van der Waals surface area contributed by atoms with Crippen molar-refractivity contribution in [2.45, 2.75) is 25.7 Å². The summed E-state index contributed by atoms with van der Waals surface area (Å²) in [6.45, 7) is 4.77. The van der Waals surface area contributed by atoms with E-state index in [1.54, 1.807) is 0 Å². The second-order valence-electron chi connectivity index (χ2n) is 13.3. The first-order chi connectivity index (χ1) is 23.6. The van der Waals surface area contributed by atoms with Gasteiger partial charge in [0.2, 0.25) is 5.95 Å². The molecule has 2 aliphatic heterocycles. The van der Waals surface area contributed by atoms with Gasteiger partial charge in [0.15, 0.2) is 11.6 Å². The van der Waals surface area contributed by atoms with Crippen molar-refractivity contribution in [2.24, 2.45) is 0 Å². The minimum atomic E-state index is -0.262. The van der Waals surface area contributed by atoms with E-state index >= 15 is 0 Å². The molecule has 0 aliphatic carbocycles. The third kappa shape index (κ3) is 3.76. The van der Waals surface area contributed by atoms with Crippen molar-refractivity contribution >= 4 is 38.9 Å². The quantitative estimate of drug-likeness (QED) is 0.198. The van der Waals surface area contributed by atoms with Gasteiger partial charge in [0.25, 0.3) is 0 Å². The first kappa shape index (κ1) is 27.1. The van der Waals surface area contributed by atoms with E-state index in [2.05, 4.69) is 126 Å². The molecule has 10 rings (SSSR count). The Morgan fingerprint density at radius 1 is 0.562 bits per heavy atom. The average molecular weight is 618 g/mol. The van der Waals surface area contributed by atoms with E-state index in [0.717, 1.165) is 28.6 Å². The average Bonchev–Trinajstić information content (AvgIpc) is 3.47. The summed E-state index contributed by atoms with van der Waals surface area (Å²) >= 11 is 0. The summed E-state index contributed by atoms with van der Waals surface area (Å²) in [7, 11) is 0. The van der Waals surface area contributed by atoms with Crippen LogP contribution in [0.15, 0.2) is 140 Å². The van der Waals surface area contributed by atoms with Crippen LogP contribution in [0.4, 0.5) is 17.1 Å². The van der Waals surface area contributed by atoms with Crippen molar-refractivity contribution in [3.05, 3.63) is 162 Å². The zero-order valence-corrected chi connectivity index (χ0v) is 26.7. The Morgan fingerprint density at radius 2 is 1.17 bits per heavy atom. The number of para-hydroxylation sites is 3. The van der Waals surface area contributed by atoms with Gasteiger partial charge in [-0.15, -0.1) is 0 Å². The topological polar surface area (TPSA) is 46.8 Å². The van der Waals surface area contributed by atoms with Gasteiger partial charge >= 0.3 is 0 Å². The molecule has 0 bridgehead atoms. The van der Waals surface area contributed by atoms with Crippen LogP contribution in [0, 0.1) is 0 Å². The minimum absolute atomic E-state index is 0.262. The van der Waals surface area contributed by atoms with Gasteiger partial charge in [-0.25, -0.2) is 4.98 Å². The Balaban J connectivity index is 1.34. The molecule has 6 aromatic carbocycles. The summed E-state index contributed by atoms with van der Waals surface area (Å²) in [5, 5.41) is 2.44. The Kier molecular flexibility index (Phi) is 5.62. The Bertz CT molecular complexity index is 2510. The Morgan fingerprint density at radius 3 is 1.90 bits per heavy atom. The van der Waals surface area contributed by atoms with Gasteiger partial charge in [-0.05, 0) is 46.5 Å². The zero-order chi connectivity index (χ0) is 32.0. The lowest BCUT2D eigenvalue weighted by molar-refractivity contribution is 0.636. The molecule has 0 radical (unpaired) electrons. The van der Waals surface area contributed by atoms with Crippen LogP contribution in [-0.4, -0.2) is 19.5 Å². The molecule has 0 unspecified atom stereocenters. The van der Waals surface area contributed by atoms with Crippen LogP contribution in [0.2, 0.25) is 0 Å². The normalized spacial score (nSPS) is 14.1. The van der Waals surface area contributed by atoms with Gasteiger partial charge in [0.05, 0.1) is 22.4 Å². The van der Waals surface area contributed by atoms with Crippen LogP contribution in [0.1, 0.15) is 36.1 Å². The molecule has 228 valence electrons. The maximum atomic E-state index is 5.21. The fraction of sp³-hybridized carbons (Fsp3) is 0.0930. The first-order valence-corrected chi connectivity index (χ1v) is 16.5. The minimum Gasteiger partial charge on any atom is -0.309 e. The number of fused-ring (bicyclic) bond motifs is 8. The molecule has 5 nitrogen and oxygen atoms in total. The molecule has 0 spiro atoms. The second kappa shape index (κ2) is 9.96. The summed E-state index contributed by atoms with van der Waals surface area (Å²) in [6.07, 6.45) is 0.854. The van der Waals surface area contributed by atoms with E-state index in [9.17, 15) is 0 Å². The SMILES string of the molecule is CC1(C)c2ccccc2N2c3ccccc3Cc3cc4c(c1c32)c1ccccc1n4-c1nc(-c2ccccc2)nc(-c2ccccc2)n1. The number of hydrogen-bond acceptors (Lipinski definition) is 4. The van der Waals surface area contributed by atoms with Crippen LogP contribution in [0.5, 0.6) is 0 Å². The van der Waals surface area contributed by atoms with E-state index in [0.29, 0.717) is 17.6 Å². The van der Waals surface area contributed by atoms with Crippen molar-refractivity contribution in [3.63, 3.8) is 0 Å². The molecule has 0 saturated carbocycles. The second-order valence-corrected chi connectivity index (χ2v) is 13.3. The monoisotopic (exact) mass is 617 g/mol. The molecular weight excluding hydrogens is 587 g/mol. The third-order valence-electron chi connectivity index (χ3n) is 10.2. The lowest BCUT2D eigenvalue weighted by atomic mass is 9.70. The van der Waals surface area contributed by atoms with Crippen molar-refractivity contribution in [3.8, 4) is 28.7 Å². The van der Waals surface area contributed by atoms with Gasteiger partial charge in [-0.1, -0.05) is 129 Å². The fourth-order valence-corrected chi connectivity index (χ4v) is 8.07. The standard InChI is InChI=1S/C43H31N5/c1-43(2)32-21-11-14-24-35(32)47-33-22-12-9-19-29(33)25-30-26-36-37(38(43)39(30)47)31-20-10-13-23-34(31)48(36)42-45-40(27-15-5-3-6-16-27)44-41(46-42)28-17-7-4-8-18-28/h3-24,26H,25H2,1-2H3. The smallest absolute Gasteiger partial charge is 0.238 e. The lowest BCUT2D eigenvalue weighted by Crippen LogP contribution is -2.33. The molecule has 0 saturated heterocycles. The number of hydrogen-bond donors (Lipinski definition) is 0. The highest BCUT2D eigenvalue weighted by Gasteiger charge is 2.42. The van der Waals surface area contributed by atoms with Crippen LogP contribution < -0.4 is 4.90 Å². The highest BCUT2D eigenvalue weighted by Crippen LogP contribution is 2.59. The molecule has 2 aliphatic rings. The predicted molar refractivity (Wildman–Crippen MR) is 195 cm³/mol. The number of aromatic nitrogens is 4. The van der Waals surface area contributed by atoms with Crippen molar-refractivity contribution in [1.82, 2.24) is 19.5 Å². The molecular formula is C43H31N5. The van der Waals surface area contributed by atoms with Crippen molar-refractivity contribution < 1.29 is 0 Å². The molecule has 0 amide bonds. The number of benzene rings is 6. The van der Waals surface area contributed by atoms with E-state index in [-0.39, 0.29) is 5.41 Å². The van der Waals surface area contributed by atoms with Crippen LogP contribution in [0.25, 0.3) is 50.5 Å². The van der Waals surface area contributed by atoms with E-state index in [1.807, 2.05) is 36.4 Å². The van der Waals surface area contributed by atoms with Crippen LogP contribution >= 0.6 is 0 Å². The lowest BCUT2D eigenvalue weighted by Gasteiger charge is -2.46. The predicted octanol–water partition coefficient (Wildman–Crippen LogP) is 10.3. The van der Waals surface area contributed by atoms with Crippen molar-refractivity contribution in [2.75, 3.05) is 4.90 Å². The maximum Gasteiger partial charge on any atom is 0.238 e. The van der Waals surface area contributed by atoms with Crippen LogP contribution in [0.3, 0.4) is 0 Å². The van der Waals surface area contributed by atoms with Gasteiger partial charge in [-0.2, -0.15) is 9.97 Å². The van der Waals surface area contributed by atoms with Gasteiger partial charge < -0.3 is 4.90 Å². The Hall–Kier alpha value is -6.07. The number of rotatable bonds is 3. The molecule has 0 fully saturated rings. The molecule has 48 heavy (non-hydrogen) atoms. The third-order valence-corrected chi connectivity index (χ3v) is 10.2. The van der Waals surface area contributed by atoms with E-state index < -0.39 is 0 Å². The first-order valence-electron chi connectivity index (χ1n) is 16.5. The summed E-state index contributed by atoms with van der Waals surface area (Å²) < 4.78 is 2.27. The largest absolute Gasteiger partial charge is 0.309 e. The molecule has 0 N–H and O–H groups in total. The van der Waals surface area contributed by atoms with E-state index in [1.165, 1.54) is 50.1 Å². The number of nitrogens with zero attached hydrogens (tertiary/aromatic N) is 5. The maximum absolute atomic E-state index is 5.21. The van der Waals surface area contributed by atoms with E-state index in [4.69, 9.17) is 15.0 Å². The number of anilines is 3. The highest BCUT2D eigenvalue weighted by molar-refractivity contribution is 6.15. The summed E-state index contributed by atoms with van der Waals surface area (Å²) in [5.74, 6) is 1.92. The van der Waals surface area contributed by atoms with Crippen molar-refractivity contribution in [1.29, 1.82) is 0 Å². The Labute approximate surface area is 278 Å². The molecule has 0 atom stereocenters. The van der Waals surface area contributed by atoms with Gasteiger partial charge in [0, 0.05) is 39.4 Å². The summed E-state index contributed by atoms with van der Waals surface area (Å²) in [6, 6.07) is 49.3. The van der Waals surface area contributed by atoms with Crippen LogP contribution in [-0.2, 0) is 11.8 Å². The zero-order valence-electron chi connectivity index (χ0n) is 26.7. The molecule has 4 heterocycles. The molecule has 5 heteroatoms. The van der Waals surface area contributed by atoms with Gasteiger partial charge in [0.1, 0.15) is 0 Å². The molecule has 2 aromatic heterocycles. The summed E-state index contributed by atoms with van der Waals surface area (Å²) in [5.41, 5.74) is 13.0. The molecule has 8 aromatic rings.